The van der Waals surface area contributed by atoms with Gasteiger partial charge in [-0.2, -0.15) is 0 Å². The molecule has 0 spiro atoms. The quantitative estimate of drug-likeness (QED) is 0.461. The second kappa shape index (κ2) is 11.7. The zero-order valence-electron chi connectivity index (χ0n) is 20.6. The first-order valence-electron chi connectivity index (χ1n) is 12.6. The Morgan fingerprint density at radius 2 is 1.43 bits per heavy atom. The Kier molecular flexibility index (Phi) is 8.19. The van der Waals surface area contributed by atoms with Crippen LogP contribution in [0.15, 0.2) is 84.9 Å². The van der Waals surface area contributed by atoms with E-state index < -0.39 is 0 Å². The van der Waals surface area contributed by atoms with E-state index in [9.17, 15) is 9.59 Å². The fraction of sp³-hybridized carbons (Fsp3) is 0.333. The molecule has 0 aliphatic carbocycles. The number of carbonyl (C=O) groups excluding carboxylic acids is 2. The number of rotatable bonds is 8. The van der Waals surface area contributed by atoms with Gasteiger partial charge in [0.25, 0.3) is 5.91 Å². The fourth-order valence-corrected chi connectivity index (χ4v) is 4.87. The van der Waals surface area contributed by atoms with Crippen molar-refractivity contribution in [1.29, 1.82) is 0 Å². The maximum Gasteiger partial charge on any atom is 0.253 e. The van der Waals surface area contributed by atoms with Gasteiger partial charge in [-0.05, 0) is 49.4 Å². The van der Waals surface area contributed by atoms with Crippen molar-refractivity contribution in [2.75, 3.05) is 18.0 Å². The van der Waals surface area contributed by atoms with E-state index in [1.165, 1.54) is 0 Å². The van der Waals surface area contributed by atoms with Gasteiger partial charge in [0.15, 0.2) is 0 Å². The van der Waals surface area contributed by atoms with E-state index in [1.54, 1.807) is 0 Å². The van der Waals surface area contributed by atoms with Crippen molar-refractivity contribution in [3.63, 3.8) is 0 Å². The van der Waals surface area contributed by atoms with Gasteiger partial charge in [-0.25, -0.2) is 0 Å². The largest absolute Gasteiger partial charge is 0.371 e. The van der Waals surface area contributed by atoms with E-state index >= 15 is 0 Å². The molecule has 2 N–H and O–H groups in total. The lowest BCUT2D eigenvalue weighted by Gasteiger charge is -2.35. The summed E-state index contributed by atoms with van der Waals surface area (Å²) in [6.45, 7) is 5.65. The summed E-state index contributed by atoms with van der Waals surface area (Å²) in [6.07, 6.45) is 2.49. The number of hydrogen-bond donors (Lipinski definition) is 2. The van der Waals surface area contributed by atoms with Gasteiger partial charge in [0.2, 0.25) is 5.91 Å². The smallest absolute Gasteiger partial charge is 0.253 e. The minimum atomic E-state index is -0.120. The van der Waals surface area contributed by atoms with Crippen LogP contribution in [0.3, 0.4) is 0 Å². The Bertz CT molecular complexity index is 1110. The number of amides is 2. The number of hydrogen-bond acceptors (Lipinski definition) is 3. The summed E-state index contributed by atoms with van der Waals surface area (Å²) in [5, 5.41) is 6.42. The highest BCUT2D eigenvalue weighted by atomic mass is 16.2. The molecule has 3 aromatic rings. The third-order valence-corrected chi connectivity index (χ3v) is 6.90. The first-order valence-corrected chi connectivity index (χ1v) is 12.6. The van der Waals surface area contributed by atoms with Gasteiger partial charge in [0.1, 0.15) is 0 Å². The van der Waals surface area contributed by atoms with Crippen LogP contribution in [0.2, 0.25) is 0 Å². The highest BCUT2D eigenvalue weighted by Crippen LogP contribution is 2.26. The van der Waals surface area contributed by atoms with Gasteiger partial charge in [0, 0.05) is 24.8 Å². The Hall–Kier alpha value is -3.60. The molecule has 1 saturated heterocycles. The van der Waals surface area contributed by atoms with E-state index in [4.69, 9.17) is 0 Å². The minimum Gasteiger partial charge on any atom is -0.371 e. The molecule has 0 radical (unpaired) electrons. The Balaban J connectivity index is 1.36. The summed E-state index contributed by atoms with van der Waals surface area (Å²) in [4.78, 5) is 28.4. The van der Waals surface area contributed by atoms with Crippen LogP contribution in [0.4, 0.5) is 5.69 Å². The number of nitrogens with zero attached hydrogens (tertiary/aromatic N) is 1. The molecule has 1 aliphatic rings. The maximum atomic E-state index is 13.1. The van der Waals surface area contributed by atoms with Crippen LogP contribution in [0.5, 0.6) is 0 Å². The highest BCUT2D eigenvalue weighted by molar-refractivity contribution is 6.00. The van der Waals surface area contributed by atoms with Crippen molar-refractivity contribution in [3.8, 4) is 0 Å². The second-order valence-electron chi connectivity index (χ2n) is 9.26. The fourth-order valence-electron chi connectivity index (χ4n) is 4.87. The van der Waals surface area contributed by atoms with Crippen molar-refractivity contribution in [2.45, 2.75) is 51.1 Å². The van der Waals surface area contributed by atoms with Crippen molar-refractivity contribution in [1.82, 2.24) is 10.6 Å². The van der Waals surface area contributed by atoms with Gasteiger partial charge in [-0.15, -0.1) is 0 Å². The Morgan fingerprint density at radius 3 is 2.06 bits per heavy atom. The van der Waals surface area contributed by atoms with Crippen LogP contribution in [-0.2, 0) is 4.79 Å². The molecule has 1 aliphatic heterocycles. The van der Waals surface area contributed by atoms with Crippen LogP contribution < -0.4 is 15.5 Å². The van der Waals surface area contributed by atoms with E-state index in [1.807, 2.05) is 91.9 Å². The van der Waals surface area contributed by atoms with E-state index in [-0.39, 0.29) is 29.8 Å². The van der Waals surface area contributed by atoms with Crippen molar-refractivity contribution >= 4 is 17.5 Å². The summed E-state index contributed by atoms with van der Waals surface area (Å²) in [7, 11) is 0. The van der Waals surface area contributed by atoms with Gasteiger partial charge >= 0.3 is 0 Å². The molecule has 35 heavy (non-hydrogen) atoms. The SMILES string of the molecule is CC[C@H](C(=O)NC1CCN(c2ccccc2C(=O)N[C@H](C)c2ccccc2)CC1)c1ccccc1. The third-order valence-electron chi connectivity index (χ3n) is 6.90. The summed E-state index contributed by atoms with van der Waals surface area (Å²) in [5.41, 5.74) is 3.78. The van der Waals surface area contributed by atoms with E-state index in [0.29, 0.717) is 5.56 Å². The molecule has 4 rings (SSSR count). The van der Waals surface area contributed by atoms with Crippen LogP contribution >= 0.6 is 0 Å². The van der Waals surface area contributed by atoms with E-state index in [2.05, 4.69) is 22.5 Å². The molecule has 0 bridgehead atoms. The molecule has 2 amide bonds. The Labute approximate surface area is 208 Å². The molecule has 5 nitrogen and oxygen atoms in total. The minimum absolute atomic E-state index is 0.0685. The standard InChI is InChI=1S/C30H35N3O2/c1-3-26(24-14-8-5-9-15-24)29(34)32-25-18-20-33(21-19-25)28-17-11-10-16-27(28)30(35)31-22(2)23-12-6-4-7-13-23/h4-17,22,25-26H,3,18-21H2,1-2H3,(H,31,35)(H,32,34)/t22-,26+/m1/s1. The number of nitrogens with one attached hydrogen (secondary N) is 2. The first kappa shape index (κ1) is 24.5. The van der Waals surface area contributed by atoms with Crippen LogP contribution in [0.25, 0.3) is 0 Å². The summed E-state index contributed by atoms with van der Waals surface area (Å²) in [5.74, 6) is -0.0851. The molecule has 0 saturated carbocycles. The summed E-state index contributed by atoms with van der Waals surface area (Å²) < 4.78 is 0. The van der Waals surface area contributed by atoms with Crippen LogP contribution in [0.1, 0.15) is 66.6 Å². The average molecular weight is 470 g/mol. The van der Waals surface area contributed by atoms with Crippen LogP contribution in [-0.4, -0.2) is 30.9 Å². The molecular weight excluding hydrogens is 434 g/mol. The second-order valence-corrected chi connectivity index (χ2v) is 9.26. The lowest BCUT2D eigenvalue weighted by Crippen LogP contribution is -2.46. The monoisotopic (exact) mass is 469 g/mol. The molecule has 182 valence electrons. The van der Waals surface area contributed by atoms with E-state index in [0.717, 1.165) is 49.2 Å². The molecule has 1 fully saturated rings. The lowest BCUT2D eigenvalue weighted by molar-refractivity contribution is -0.123. The molecule has 1 heterocycles. The van der Waals surface area contributed by atoms with Gasteiger partial charge < -0.3 is 15.5 Å². The number of para-hydroxylation sites is 1. The molecule has 5 heteroatoms. The third kappa shape index (κ3) is 6.10. The van der Waals surface area contributed by atoms with Crippen LogP contribution in [0, 0.1) is 0 Å². The maximum absolute atomic E-state index is 13.1. The van der Waals surface area contributed by atoms with Gasteiger partial charge in [0.05, 0.1) is 17.5 Å². The lowest BCUT2D eigenvalue weighted by atomic mass is 9.94. The normalized spacial score (nSPS) is 15.8. The predicted molar refractivity (Wildman–Crippen MR) is 142 cm³/mol. The predicted octanol–water partition coefficient (Wildman–Crippen LogP) is 5.46. The number of benzene rings is 3. The molecular formula is C30H35N3O2. The Morgan fingerprint density at radius 1 is 0.857 bits per heavy atom. The molecule has 3 aromatic carbocycles. The topological polar surface area (TPSA) is 61.4 Å². The summed E-state index contributed by atoms with van der Waals surface area (Å²) in [6, 6.07) is 27.9. The molecule has 0 aromatic heterocycles. The number of piperidine rings is 1. The number of anilines is 1. The zero-order valence-corrected chi connectivity index (χ0v) is 20.6. The highest BCUT2D eigenvalue weighted by Gasteiger charge is 2.26. The zero-order chi connectivity index (χ0) is 24.6. The first-order chi connectivity index (χ1) is 17.1. The average Bonchev–Trinajstić information content (AvgIpc) is 2.90. The van der Waals surface area contributed by atoms with Gasteiger partial charge in [-0.1, -0.05) is 79.7 Å². The number of carbonyl (C=O) groups is 2. The molecule has 0 unspecified atom stereocenters. The summed E-state index contributed by atoms with van der Waals surface area (Å²) >= 11 is 0. The van der Waals surface area contributed by atoms with Crippen molar-refractivity contribution < 1.29 is 9.59 Å². The van der Waals surface area contributed by atoms with Gasteiger partial charge in [-0.3, -0.25) is 9.59 Å². The molecule has 2 atom stereocenters. The van der Waals surface area contributed by atoms with Crippen molar-refractivity contribution in [2.24, 2.45) is 0 Å². The van der Waals surface area contributed by atoms with Crippen molar-refractivity contribution in [3.05, 3.63) is 102 Å².